The van der Waals surface area contributed by atoms with Gasteiger partial charge in [0.2, 0.25) is 5.91 Å². The van der Waals surface area contributed by atoms with Crippen LogP contribution in [0.4, 0.5) is 4.79 Å². The number of hydrogen-bond acceptors (Lipinski definition) is 3. The standard InChI is InChI=1S/C14H19N3O3/c1-14-6-2-7-16(14)13(20)17(12(14)19)10-5-8-15(11(10)18)9-3-4-9/h9-10H,2-8H2,1H3/t10-,14+/m0/s1. The van der Waals surface area contributed by atoms with Gasteiger partial charge in [-0.05, 0) is 39.0 Å². The van der Waals surface area contributed by atoms with E-state index >= 15 is 0 Å². The smallest absolute Gasteiger partial charge is 0.328 e. The van der Waals surface area contributed by atoms with Gasteiger partial charge in [0.1, 0.15) is 11.6 Å². The molecule has 6 heteroatoms. The Morgan fingerprint density at radius 2 is 1.85 bits per heavy atom. The van der Waals surface area contributed by atoms with Gasteiger partial charge in [0.25, 0.3) is 5.91 Å². The van der Waals surface area contributed by atoms with Crippen LogP contribution in [0, 0.1) is 0 Å². The van der Waals surface area contributed by atoms with Crippen LogP contribution in [0.1, 0.15) is 39.0 Å². The quantitative estimate of drug-likeness (QED) is 0.693. The third-order valence-electron chi connectivity index (χ3n) is 5.27. The fraction of sp³-hybridized carbons (Fsp3) is 0.786. The van der Waals surface area contributed by atoms with Gasteiger partial charge in [-0.1, -0.05) is 0 Å². The van der Waals surface area contributed by atoms with Crippen LogP contribution in [-0.2, 0) is 9.59 Å². The fourth-order valence-corrected chi connectivity index (χ4v) is 3.92. The van der Waals surface area contributed by atoms with Crippen molar-refractivity contribution in [3.63, 3.8) is 0 Å². The number of nitrogens with zero attached hydrogens (tertiary/aromatic N) is 3. The molecule has 0 aromatic carbocycles. The highest BCUT2D eigenvalue weighted by Crippen LogP contribution is 2.40. The molecule has 20 heavy (non-hydrogen) atoms. The monoisotopic (exact) mass is 277 g/mol. The third-order valence-corrected chi connectivity index (χ3v) is 5.27. The average molecular weight is 277 g/mol. The van der Waals surface area contributed by atoms with Crippen LogP contribution in [0.25, 0.3) is 0 Å². The Bertz CT molecular complexity index is 516. The molecule has 0 unspecified atom stereocenters. The molecule has 108 valence electrons. The summed E-state index contributed by atoms with van der Waals surface area (Å²) < 4.78 is 0. The lowest BCUT2D eigenvalue weighted by atomic mass is 9.99. The average Bonchev–Trinajstić information content (AvgIpc) is 3.04. The Morgan fingerprint density at radius 3 is 2.50 bits per heavy atom. The van der Waals surface area contributed by atoms with Crippen molar-refractivity contribution in [2.75, 3.05) is 13.1 Å². The van der Waals surface area contributed by atoms with Gasteiger partial charge in [-0.3, -0.25) is 9.59 Å². The zero-order valence-electron chi connectivity index (χ0n) is 11.7. The minimum absolute atomic E-state index is 0.0287. The Kier molecular flexibility index (Phi) is 2.28. The van der Waals surface area contributed by atoms with Crippen LogP contribution < -0.4 is 0 Å². The highest BCUT2D eigenvalue weighted by Gasteiger charge is 2.60. The first kappa shape index (κ1) is 12.2. The summed E-state index contributed by atoms with van der Waals surface area (Å²) in [6, 6.07) is -0.459. The molecule has 3 heterocycles. The van der Waals surface area contributed by atoms with Crippen molar-refractivity contribution < 1.29 is 14.4 Å². The third kappa shape index (κ3) is 1.37. The van der Waals surface area contributed by atoms with E-state index < -0.39 is 11.6 Å². The van der Waals surface area contributed by atoms with E-state index in [0.29, 0.717) is 32.0 Å². The summed E-state index contributed by atoms with van der Waals surface area (Å²) in [5.74, 6) is -0.199. The molecule has 2 atom stereocenters. The van der Waals surface area contributed by atoms with E-state index in [4.69, 9.17) is 0 Å². The first-order valence-electron chi connectivity index (χ1n) is 7.50. The number of rotatable bonds is 2. The summed E-state index contributed by atoms with van der Waals surface area (Å²) in [4.78, 5) is 42.3. The molecule has 0 aromatic heterocycles. The fourth-order valence-electron chi connectivity index (χ4n) is 3.92. The molecule has 0 N–H and O–H groups in total. The summed E-state index contributed by atoms with van der Waals surface area (Å²) in [5.41, 5.74) is -0.704. The number of imide groups is 1. The molecule has 1 saturated carbocycles. The van der Waals surface area contributed by atoms with E-state index in [1.54, 1.807) is 4.90 Å². The highest BCUT2D eigenvalue weighted by molar-refractivity contribution is 6.10. The van der Waals surface area contributed by atoms with Crippen LogP contribution in [0.5, 0.6) is 0 Å². The topological polar surface area (TPSA) is 60.9 Å². The van der Waals surface area contributed by atoms with E-state index in [1.807, 2.05) is 11.8 Å². The molecule has 4 fully saturated rings. The zero-order chi connectivity index (χ0) is 14.1. The number of carbonyl (C=O) groups is 3. The van der Waals surface area contributed by atoms with Gasteiger partial charge in [0, 0.05) is 19.1 Å². The van der Waals surface area contributed by atoms with Crippen LogP contribution in [0.2, 0.25) is 0 Å². The van der Waals surface area contributed by atoms with E-state index in [1.165, 1.54) is 4.90 Å². The second-order valence-electron chi connectivity index (χ2n) is 6.55. The molecule has 0 spiro atoms. The van der Waals surface area contributed by atoms with Gasteiger partial charge in [-0.15, -0.1) is 0 Å². The number of likely N-dealkylation sites (tertiary alicyclic amines) is 1. The summed E-state index contributed by atoms with van der Waals surface area (Å²) in [6.45, 7) is 3.14. The Hall–Kier alpha value is -1.59. The number of carbonyl (C=O) groups excluding carboxylic acids is 3. The van der Waals surface area contributed by atoms with Gasteiger partial charge in [-0.2, -0.15) is 0 Å². The Morgan fingerprint density at radius 1 is 1.10 bits per heavy atom. The van der Waals surface area contributed by atoms with Crippen LogP contribution in [0.15, 0.2) is 0 Å². The van der Waals surface area contributed by atoms with E-state index in [0.717, 1.165) is 19.3 Å². The minimum atomic E-state index is -0.704. The summed E-state index contributed by atoms with van der Waals surface area (Å²) in [7, 11) is 0. The van der Waals surface area contributed by atoms with Crippen LogP contribution in [0.3, 0.4) is 0 Å². The van der Waals surface area contributed by atoms with E-state index in [2.05, 4.69) is 0 Å². The normalized spacial score (nSPS) is 37.4. The van der Waals surface area contributed by atoms with Gasteiger partial charge in [-0.25, -0.2) is 9.69 Å². The number of fused-ring (bicyclic) bond motifs is 1. The molecule has 3 aliphatic heterocycles. The predicted octanol–water partition coefficient (Wildman–Crippen LogP) is 0.566. The molecule has 4 aliphatic rings. The maximum Gasteiger partial charge on any atom is 0.328 e. The number of urea groups is 1. The van der Waals surface area contributed by atoms with Crippen molar-refractivity contribution in [1.29, 1.82) is 0 Å². The SMILES string of the molecule is C[C@]12CCCN1C(=O)N([C@H]1CCN(C3CC3)C1=O)C2=O. The summed E-state index contributed by atoms with van der Waals surface area (Å²) >= 11 is 0. The van der Waals surface area contributed by atoms with Crippen molar-refractivity contribution in [3.8, 4) is 0 Å². The maximum atomic E-state index is 12.6. The van der Waals surface area contributed by atoms with Crippen LogP contribution in [-0.4, -0.2) is 63.3 Å². The zero-order valence-corrected chi connectivity index (χ0v) is 11.7. The molecule has 0 aromatic rings. The lowest BCUT2D eigenvalue weighted by molar-refractivity contribution is -0.140. The minimum Gasteiger partial charge on any atom is -0.338 e. The maximum absolute atomic E-state index is 12.6. The van der Waals surface area contributed by atoms with Crippen molar-refractivity contribution in [2.45, 2.75) is 56.7 Å². The molecule has 6 nitrogen and oxygen atoms in total. The Labute approximate surface area is 117 Å². The second-order valence-corrected chi connectivity index (χ2v) is 6.55. The second kappa shape index (κ2) is 3.74. The summed E-state index contributed by atoms with van der Waals surface area (Å²) in [6.07, 6.45) is 4.29. The Balaban J connectivity index is 1.61. The predicted molar refractivity (Wildman–Crippen MR) is 69.7 cm³/mol. The molecule has 1 aliphatic carbocycles. The molecule has 0 radical (unpaired) electrons. The van der Waals surface area contributed by atoms with E-state index in [-0.39, 0.29) is 17.8 Å². The van der Waals surface area contributed by atoms with Gasteiger partial charge >= 0.3 is 6.03 Å². The summed E-state index contributed by atoms with van der Waals surface area (Å²) in [5, 5.41) is 0. The molecular weight excluding hydrogens is 258 g/mol. The van der Waals surface area contributed by atoms with Crippen molar-refractivity contribution in [2.24, 2.45) is 0 Å². The van der Waals surface area contributed by atoms with Gasteiger partial charge < -0.3 is 9.80 Å². The van der Waals surface area contributed by atoms with Gasteiger partial charge in [0.05, 0.1) is 0 Å². The number of amides is 4. The lowest BCUT2D eigenvalue weighted by Gasteiger charge is -2.23. The first-order chi connectivity index (χ1) is 9.54. The lowest BCUT2D eigenvalue weighted by Crippen LogP contribution is -2.47. The van der Waals surface area contributed by atoms with Gasteiger partial charge in [0.15, 0.2) is 0 Å². The number of hydrogen-bond donors (Lipinski definition) is 0. The van der Waals surface area contributed by atoms with Crippen molar-refractivity contribution >= 4 is 17.8 Å². The van der Waals surface area contributed by atoms with Crippen molar-refractivity contribution in [1.82, 2.24) is 14.7 Å². The molecule has 4 rings (SSSR count). The van der Waals surface area contributed by atoms with Crippen molar-refractivity contribution in [3.05, 3.63) is 0 Å². The molecule has 4 amide bonds. The molecule has 3 saturated heterocycles. The largest absolute Gasteiger partial charge is 0.338 e. The van der Waals surface area contributed by atoms with E-state index in [9.17, 15) is 14.4 Å². The van der Waals surface area contributed by atoms with Crippen LogP contribution >= 0.6 is 0 Å². The highest BCUT2D eigenvalue weighted by atomic mass is 16.2. The first-order valence-corrected chi connectivity index (χ1v) is 7.50. The molecular formula is C14H19N3O3. The molecule has 0 bridgehead atoms.